The van der Waals surface area contributed by atoms with Gasteiger partial charge in [-0.3, -0.25) is 0 Å². The highest BCUT2D eigenvalue weighted by Crippen LogP contribution is 1.83. The van der Waals surface area contributed by atoms with Crippen molar-refractivity contribution in [2.24, 2.45) is 0 Å². The van der Waals surface area contributed by atoms with Gasteiger partial charge < -0.3 is 20.5 Å². The smallest absolute Gasteiger partial charge is 0.314 e. The Hall–Kier alpha value is -0.810. The SMILES string of the molecule is CCCCNC(=O)NCCCOCCO. The number of hydrogen-bond acceptors (Lipinski definition) is 3. The Morgan fingerprint density at radius 1 is 1.20 bits per heavy atom. The lowest BCUT2D eigenvalue weighted by Gasteiger charge is -2.06. The molecule has 15 heavy (non-hydrogen) atoms. The lowest BCUT2D eigenvalue weighted by atomic mass is 10.3. The highest BCUT2D eigenvalue weighted by Gasteiger charge is 1.97. The zero-order chi connectivity index (χ0) is 11.4. The van der Waals surface area contributed by atoms with Gasteiger partial charge in [0.1, 0.15) is 0 Å². The maximum atomic E-state index is 11.1. The summed E-state index contributed by atoms with van der Waals surface area (Å²) in [6, 6.07) is -0.120. The lowest BCUT2D eigenvalue weighted by Crippen LogP contribution is -2.36. The molecule has 5 nitrogen and oxygen atoms in total. The van der Waals surface area contributed by atoms with Crippen molar-refractivity contribution in [2.45, 2.75) is 26.2 Å². The van der Waals surface area contributed by atoms with Crippen molar-refractivity contribution in [3.05, 3.63) is 0 Å². The summed E-state index contributed by atoms with van der Waals surface area (Å²) in [5.74, 6) is 0. The molecule has 0 saturated carbocycles. The Balaban J connectivity index is 3.10. The van der Waals surface area contributed by atoms with Crippen molar-refractivity contribution in [2.75, 3.05) is 32.9 Å². The molecule has 0 aliphatic rings. The first kappa shape index (κ1) is 14.2. The third-order valence-electron chi connectivity index (χ3n) is 1.80. The molecule has 0 aromatic rings. The van der Waals surface area contributed by atoms with Crippen LogP contribution in [0.2, 0.25) is 0 Å². The van der Waals surface area contributed by atoms with Gasteiger partial charge in [0.25, 0.3) is 0 Å². The summed E-state index contributed by atoms with van der Waals surface area (Å²) < 4.78 is 5.04. The third kappa shape index (κ3) is 11.1. The molecule has 0 spiro atoms. The zero-order valence-corrected chi connectivity index (χ0v) is 9.42. The minimum absolute atomic E-state index is 0.0466. The Bertz CT molecular complexity index is 154. The Morgan fingerprint density at radius 3 is 2.47 bits per heavy atom. The Morgan fingerprint density at radius 2 is 1.87 bits per heavy atom. The average molecular weight is 218 g/mol. The molecule has 0 atom stereocenters. The van der Waals surface area contributed by atoms with Crippen LogP contribution in [0.3, 0.4) is 0 Å². The molecule has 0 saturated heterocycles. The molecule has 0 radical (unpaired) electrons. The molecule has 0 aromatic carbocycles. The molecule has 0 heterocycles. The molecule has 0 unspecified atom stereocenters. The predicted molar refractivity (Wildman–Crippen MR) is 58.8 cm³/mol. The molecular formula is C10H22N2O3. The van der Waals surface area contributed by atoms with Crippen molar-refractivity contribution in [3.63, 3.8) is 0 Å². The van der Waals surface area contributed by atoms with E-state index in [1.165, 1.54) is 0 Å². The van der Waals surface area contributed by atoms with E-state index < -0.39 is 0 Å². The summed E-state index contributed by atoms with van der Waals surface area (Å²) in [5, 5.41) is 13.9. The second-order valence-corrected chi connectivity index (χ2v) is 3.23. The number of unbranched alkanes of at least 4 members (excludes halogenated alkanes) is 1. The van der Waals surface area contributed by atoms with Crippen molar-refractivity contribution < 1.29 is 14.6 Å². The van der Waals surface area contributed by atoms with Gasteiger partial charge in [-0.05, 0) is 12.8 Å². The Kier molecular flexibility index (Phi) is 10.7. The summed E-state index contributed by atoms with van der Waals surface area (Å²) in [6.07, 6.45) is 2.85. The number of hydrogen-bond donors (Lipinski definition) is 3. The fourth-order valence-electron chi connectivity index (χ4n) is 0.984. The van der Waals surface area contributed by atoms with Crippen molar-refractivity contribution in [3.8, 4) is 0 Å². The van der Waals surface area contributed by atoms with E-state index in [4.69, 9.17) is 9.84 Å². The summed E-state index contributed by atoms with van der Waals surface area (Å²) in [6.45, 7) is 4.38. The standard InChI is InChI=1S/C10H22N2O3/c1-2-3-5-11-10(14)12-6-4-8-15-9-7-13/h13H,2-9H2,1H3,(H2,11,12,14). The van der Waals surface area contributed by atoms with Gasteiger partial charge >= 0.3 is 6.03 Å². The highest BCUT2D eigenvalue weighted by molar-refractivity contribution is 5.73. The van der Waals surface area contributed by atoms with Gasteiger partial charge in [0.2, 0.25) is 0 Å². The lowest BCUT2D eigenvalue weighted by molar-refractivity contribution is 0.0910. The van der Waals surface area contributed by atoms with E-state index in [-0.39, 0.29) is 12.6 Å². The van der Waals surface area contributed by atoms with Crippen LogP contribution in [0.15, 0.2) is 0 Å². The van der Waals surface area contributed by atoms with Crippen LogP contribution >= 0.6 is 0 Å². The maximum absolute atomic E-state index is 11.1. The first-order valence-electron chi connectivity index (χ1n) is 5.51. The number of carbonyl (C=O) groups excluding carboxylic acids is 1. The number of carbonyl (C=O) groups is 1. The molecular weight excluding hydrogens is 196 g/mol. The van der Waals surface area contributed by atoms with E-state index in [1.54, 1.807) is 0 Å². The van der Waals surface area contributed by atoms with Crippen LogP contribution in [-0.4, -0.2) is 44.0 Å². The van der Waals surface area contributed by atoms with Gasteiger partial charge in [0, 0.05) is 19.7 Å². The van der Waals surface area contributed by atoms with Crippen LogP contribution in [0.1, 0.15) is 26.2 Å². The second-order valence-electron chi connectivity index (χ2n) is 3.23. The first-order chi connectivity index (χ1) is 7.31. The monoisotopic (exact) mass is 218 g/mol. The van der Waals surface area contributed by atoms with Gasteiger partial charge in [0.05, 0.1) is 13.2 Å². The second kappa shape index (κ2) is 11.3. The summed E-state index contributed by atoms with van der Waals surface area (Å²) in [7, 11) is 0. The highest BCUT2D eigenvalue weighted by atomic mass is 16.5. The number of rotatable bonds is 9. The summed E-state index contributed by atoms with van der Waals surface area (Å²) in [4.78, 5) is 11.1. The van der Waals surface area contributed by atoms with Crippen LogP contribution in [0.25, 0.3) is 0 Å². The van der Waals surface area contributed by atoms with Gasteiger partial charge in [-0.15, -0.1) is 0 Å². The molecule has 0 bridgehead atoms. The molecule has 0 aromatic heterocycles. The number of nitrogens with one attached hydrogen (secondary N) is 2. The maximum Gasteiger partial charge on any atom is 0.314 e. The van der Waals surface area contributed by atoms with Crippen LogP contribution in [0.5, 0.6) is 0 Å². The summed E-state index contributed by atoms with van der Waals surface area (Å²) >= 11 is 0. The molecule has 0 aliphatic carbocycles. The molecule has 0 rings (SSSR count). The van der Waals surface area contributed by atoms with E-state index in [1.807, 2.05) is 0 Å². The number of ether oxygens (including phenoxy) is 1. The van der Waals surface area contributed by atoms with Crippen LogP contribution in [0, 0.1) is 0 Å². The van der Waals surface area contributed by atoms with Gasteiger partial charge in [-0.1, -0.05) is 13.3 Å². The molecule has 5 heteroatoms. The largest absolute Gasteiger partial charge is 0.394 e. The van der Waals surface area contributed by atoms with Crippen molar-refractivity contribution in [1.29, 1.82) is 0 Å². The number of aliphatic hydroxyl groups is 1. The van der Waals surface area contributed by atoms with Crippen molar-refractivity contribution in [1.82, 2.24) is 10.6 Å². The minimum Gasteiger partial charge on any atom is -0.394 e. The molecule has 2 amide bonds. The van der Waals surface area contributed by atoms with E-state index in [0.717, 1.165) is 25.8 Å². The first-order valence-corrected chi connectivity index (χ1v) is 5.51. The quantitative estimate of drug-likeness (QED) is 0.493. The van der Waals surface area contributed by atoms with E-state index >= 15 is 0 Å². The van der Waals surface area contributed by atoms with Crippen LogP contribution < -0.4 is 10.6 Å². The van der Waals surface area contributed by atoms with Gasteiger partial charge in [-0.25, -0.2) is 4.79 Å². The van der Waals surface area contributed by atoms with Gasteiger partial charge in [-0.2, -0.15) is 0 Å². The zero-order valence-electron chi connectivity index (χ0n) is 9.42. The van der Waals surface area contributed by atoms with E-state index in [2.05, 4.69) is 17.6 Å². The Labute approximate surface area is 91.2 Å². The van der Waals surface area contributed by atoms with E-state index in [0.29, 0.717) is 19.8 Å². The fraction of sp³-hybridized carbons (Fsp3) is 0.900. The number of urea groups is 1. The number of amides is 2. The van der Waals surface area contributed by atoms with Crippen LogP contribution in [0.4, 0.5) is 4.79 Å². The predicted octanol–water partition coefficient (Wildman–Crippen LogP) is 0.485. The number of aliphatic hydroxyl groups excluding tert-OH is 1. The summed E-state index contributed by atoms with van der Waals surface area (Å²) in [5.41, 5.74) is 0. The third-order valence-corrected chi connectivity index (χ3v) is 1.80. The van der Waals surface area contributed by atoms with Gasteiger partial charge in [0.15, 0.2) is 0 Å². The average Bonchev–Trinajstić information content (AvgIpc) is 2.23. The van der Waals surface area contributed by atoms with E-state index in [9.17, 15) is 4.79 Å². The minimum atomic E-state index is -0.120. The molecule has 3 N–H and O–H groups in total. The topological polar surface area (TPSA) is 70.6 Å². The molecule has 0 fully saturated rings. The van der Waals surface area contributed by atoms with Crippen LogP contribution in [-0.2, 0) is 4.74 Å². The fourth-order valence-corrected chi connectivity index (χ4v) is 0.984. The normalized spacial score (nSPS) is 10.0. The van der Waals surface area contributed by atoms with Crippen molar-refractivity contribution >= 4 is 6.03 Å². The molecule has 90 valence electrons. The molecule has 0 aliphatic heterocycles.